The van der Waals surface area contributed by atoms with Gasteiger partial charge < -0.3 is 4.55 Å². The molecule has 1 atom stereocenters. The lowest BCUT2D eigenvalue weighted by atomic mass is 10.2. The molecule has 0 aliphatic carbocycles. The maximum Gasteiger partial charge on any atom is 0.206 e. The van der Waals surface area contributed by atoms with E-state index in [2.05, 4.69) is 4.98 Å². The summed E-state index contributed by atoms with van der Waals surface area (Å²) in [6, 6.07) is 9.58. The largest absolute Gasteiger partial charge is 0.301 e. The van der Waals surface area contributed by atoms with Crippen molar-refractivity contribution in [2.75, 3.05) is 0 Å². The van der Waals surface area contributed by atoms with Crippen molar-refractivity contribution in [3.63, 3.8) is 0 Å². The van der Waals surface area contributed by atoms with Crippen LogP contribution >= 0.6 is 11.3 Å². The molecular weight excluding hydrogens is 218 g/mol. The van der Waals surface area contributed by atoms with Crippen molar-refractivity contribution >= 4 is 22.4 Å². The topological polar surface area (TPSA) is 50.2 Å². The van der Waals surface area contributed by atoms with E-state index < -0.39 is 11.1 Å². The van der Waals surface area contributed by atoms with Gasteiger partial charge in [-0.2, -0.15) is 0 Å². The van der Waals surface area contributed by atoms with Gasteiger partial charge in [-0.15, -0.1) is 11.3 Å². The third kappa shape index (κ3) is 1.89. The zero-order valence-electron chi connectivity index (χ0n) is 7.08. The van der Waals surface area contributed by atoms with Crippen LogP contribution in [0.1, 0.15) is 0 Å². The molecule has 1 unspecified atom stereocenters. The molecule has 0 aliphatic rings. The fraction of sp³-hybridized carbons (Fsp3) is 0. The second-order valence-electron chi connectivity index (χ2n) is 2.61. The molecule has 0 aliphatic heterocycles. The van der Waals surface area contributed by atoms with Crippen LogP contribution in [-0.4, -0.2) is 13.7 Å². The lowest BCUT2D eigenvalue weighted by molar-refractivity contribution is 0.561. The first-order chi connectivity index (χ1) is 6.77. The normalized spacial score (nSPS) is 12.6. The minimum absolute atomic E-state index is 0.217. The van der Waals surface area contributed by atoms with E-state index in [0.29, 0.717) is 0 Å². The van der Waals surface area contributed by atoms with Gasteiger partial charge >= 0.3 is 0 Å². The predicted molar refractivity (Wildman–Crippen MR) is 56.6 cm³/mol. The summed E-state index contributed by atoms with van der Waals surface area (Å²) in [5.41, 5.74) is 0.967. The van der Waals surface area contributed by atoms with Gasteiger partial charge in [0.25, 0.3) is 0 Å². The number of aromatic nitrogens is 1. The van der Waals surface area contributed by atoms with Crippen LogP contribution in [0.4, 0.5) is 0 Å². The molecule has 72 valence electrons. The zero-order chi connectivity index (χ0) is 9.97. The molecule has 0 saturated carbocycles. The van der Waals surface area contributed by atoms with Gasteiger partial charge in [0.1, 0.15) is 5.01 Å². The Labute approximate surface area is 87.7 Å². The van der Waals surface area contributed by atoms with Crippen molar-refractivity contribution in [2.24, 2.45) is 0 Å². The van der Waals surface area contributed by atoms with E-state index in [1.54, 1.807) is 5.38 Å². The molecule has 1 N–H and O–H groups in total. The highest BCUT2D eigenvalue weighted by atomic mass is 32.2. The first kappa shape index (κ1) is 9.51. The van der Waals surface area contributed by atoms with E-state index in [1.807, 2.05) is 30.3 Å². The summed E-state index contributed by atoms with van der Waals surface area (Å²) in [4.78, 5) is 4.05. The summed E-state index contributed by atoms with van der Waals surface area (Å²) in [6.45, 7) is 0. The Morgan fingerprint density at radius 1 is 1.29 bits per heavy atom. The minimum Gasteiger partial charge on any atom is -0.301 e. The molecule has 0 spiro atoms. The molecule has 0 bridgehead atoms. The van der Waals surface area contributed by atoms with Crippen LogP contribution in [0.5, 0.6) is 0 Å². The third-order valence-corrected chi connectivity index (χ3v) is 3.29. The van der Waals surface area contributed by atoms with Crippen molar-refractivity contribution in [1.29, 1.82) is 0 Å². The quantitative estimate of drug-likeness (QED) is 0.798. The smallest absolute Gasteiger partial charge is 0.206 e. The Morgan fingerprint density at radius 3 is 2.57 bits per heavy atom. The van der Waals surface area contributed by atoms with Crippen LogP contribution in [0.3, 0.4) is 0 Å². The van der Waals surface area contributed by atoms with Crippen LogP contribution < -0.4 is 0 Å². The van der Waals surface area contributed by atoms with Gasteiger partial charge in [0.05, 0.1) is 0 Å². The molecular formula is C9H7NO2S2. The average molecular weight is 225 g/mol. The number of nitrogens with zero attached hydrogens (tertiary/aromatic N) is 1. The van der Waals surface area contributed by atoms with E-state index in [1.165, 1.54) is 11.3 Å². The van der Waals surface area contributed by atoms with Crippen molar-refractivity contribution in [3.05, 3.63) is 35.7 Å². The molecule has 14 heavy (non-hydrogen) atoms. The maximum atomic E-state index is 10.7. The molecule has 0 amide bonds. The molecule has 0 fully saturated rings. The Bertz CT molecular complexity index is 453. The van der Waals surface area contributed by atoms with Crippen molar-refractivity contribution in [1.82, 2.24) is 4.98 Å². The molecule has 1 heterocycles. The Hall–Kier alpha value is -1.04. The van der Waals surface area contributed by atoms with Crippen LogP contribution in [0.25, 0.3) is 10.6 Å². The monoisotopic (exact) mass is 225 g/mol. The minimum atomic E-state index is -1.98. The summed E-state index contributed by atoms with van der Waals surface area (Å²) in [5.74, 6) is 0. The Morgan fingerprint density at radius 2 is 2.00 bits per heavy atom. The summed E-state index contributed by atoms with van der Waals surface area (Å²) in [5, 5.41) is 2.58. The molecule has 0 saturated heterocycles. The maximum absolute atomic E-state index is 10.7. The second kappa shape index (κ2) is 4.00. The number of thiazole rings is 1. The standard InChI is InChI=1S/C9H7NO2S2/c11-14(12)8-6-13-9(10-8)7-4-2-1-3-5-7/h1-6H,(H,11,12). The van der Waals surface area contributed by atoms with E-state index >= 15 is 0 Å². The van der Waals surface area contributed by atoms with Gasteiger partial charge in [-0.05, 0) is 0 Å². The first-order valence-corrected chi connectivity index (χ1v) is 5.88. The molecule has 0 radical (unpaired) electrons. The highest BCUT2D eigenvalue weighted by molar-refractivity contribution is 7.79. The van der Waals surface area contributed by atoms with Crippen LogP contribution in [0.2, 0.25) is 0 Å². The molecule has 3 nitrogen and oxygen atoms in total. The number of benzene rings is 1. The van der Waals surface area contributed by atoms with Crippen molar-refractivity contribution in [3.8, 4) is 10.6 Å². The number of rotatable bonds is 2. The SMILES string of the molecule is O=S(O)c1csc(-c2ccccc2)n1. The third-order valence-electron chi connectivity index (χ3n) is 1.68. The Balaban J connectivity index is 2.39. The first-order valence-electron chi connectivity index (χ1n) is 3.89. The van der Waals surface area contributed by atoms with Crippen molar-refractivity contribution < 1.29 is 8.76 Å². The van der Waals surface area contributed by atoms with Crippen LogP contribution in [0.15, 0.2) is 40.7 Å². The molecule has 2 rings (SSSR count). The van der Waals surface area contributed by atoms with E-state index in [9.17, 15) is 4.21 Å². The average Bonchev–Trinajstić information content (AvgIpc) is 2.68. The summed E-state index contributed by atoms with van der Waals surface area (Å²) in [6.07, 6.45) is 0. The highest BCUT2D eigenvalue weighted by Crippen LogP contribution is 2.23. The van der Waals surface area contributed by atoms with Gasteiger partial charge in [-0.3, -0.25) is 0 Å². The number of hydrogen-bond acceptors (Lipinski definition) is 3. The fourth-order valence-corrected chi connectivity index (χ4v) is 2.44. The second-order valence-corrected chi connectivity index (χ2v) is 4.38. The van der Waals surface area contributed by atoms with E-state index in [4.69, 9.17) is 4.55 Å². The van der Waals surface area contributed by atoms with E-state index in [-0.39, 0.29) is 5.03 Å². The van der Waals surface area contributed by atoms with Gasteiger partial charge in [0.2, 0.25) is 11.1 Å². The molecule has 2 aromatic rings. The molecule has 5 heteroatoms. The summed E-state index contributed by atoms with van der Waals surface area (Å²) in [7, 11) is 0. The predicted octanol–water partition coefficient (Wildman–Crippen LogP) is 2.39. The van der Waals surface area contributed by atoms with Crippen LogP contribution in [-0.2, 0) is 11.1 Å². The lowest BCUT2D eigenvalue weighted by Gasteiger charge is -1.92. The lowest BCUT2D eigenvalue weighted by Crippen LogP contribution is -1.87. The highest BCUT2D eigenvalue weighted by Gasteiger charge is 2.07. The number of hydrogen-bond donors (Lipinski definition) is 1. The van der Waals surface area contributed by atoms with Crippen molar-refractivity contribution in [2.45, 2.75) is 5.03 Å². The van der Waals surface area contributed by atoms with Gasteiger partial charge in [0, 0.05) is 10.9 Å². The van der Waals surface area contributed by atoms with Gasteiger partial charge in [-0.25, -0.2) is 9.19 Å². The van der Waals surface area contributed by atoms with Gasteiger partial charge in [0.15, 0.2) is 5.03 Å². The molecule has 1 aromatic heterocycles. The summed E-state index contributed by atoms with van der Waals surface area (Å²) < 4.78 is 19.5. The van der Waals surface area contributed by atoms with E-state index in [0.717, 1.165) is 10.6 Å². The van der Waals surface area contributed by atoms with Crippen LogP contribution in [0, 0.1) is 0 Å². The zero-order valence-corrected chi connectivity index (χ0v) is 8.72. The molecule has 1 aromatic carbocycles. The van der Waals surface area contributed by atoms with Gasteiger partial charge in [-0.1, -0.05) is 30.3 Å². The fourth-order valence-electron chi connectivity index (χ4n) is 1.05. The Kier molecular flexibility index (Phi) is 2.72. The summed E-state index contributed by atoms with van der Waals surface area (Å²) >= 11 is -0.616.